The lowest BCUT2D eigenvalue weighted by Gasteiger charge is -2.46. The first-order valence-electron chi connectivity index (χ1n) is 10.9. The van der Waals surface area contributed by atoms with Crippen LogP contribution < -0.4 is 4.52 Å². The maximum absolute atomic E-state index is 13.0. The lowest BCUT2D eigenvalue weighted by atomic mass is 9.92. The zero-order valence-electron chi connectivity index (χ0n) is 19.4. The Kier molecular flexibility index (Phi) is 8.67. The highest BCUT2D eigenvalue weighted by Gasteiger charge is 2.48. The molecule has 0 radical (unpaired) electrons. The predicted octanol–water partition coefficient (Wildman–Crippen LogP) is 4.22. The van der Waals surface area contributed by atoms with E-state index in [9.17, 15) is 27.9 Å². The van der Waals surface area contributed by atoms with Gasteiger partial charge >= 0.3 is 13.3 Å². The highest BCUT2D eigenvalue weighted by atomic mass is 32.2. The van der Waals surface area contributed by atoms with Crippen molar-refractivity contribution in [3.05, 3.63) is 70.3 Å². The van der Waals surface area contributed by atoms with Gasteiger partial charge in [0.1, 0.15) is 24.9 Å². The molecule has 2 aromatic carbocycles. The molecule has 2 heterocycles. The van der Waals surface area contributed by atoms with Crippen molar-refractivity contribution >= 4 is 23.6 Å². The normalized spacial score (nSPS) is 27.8. The Bertz CT molecular complexity index is 1250. The highest BCUT2D eigenvalue weighted by Crippen LogP contribution is 2.55. The fourth-order valence-corrected chi connectivity index (χ4v) is 5.49. The van der Waals surface area contributed by atoms with Crippen LogP contribution in [0.2, 0.25) is 0 Å². The van der Waals surface area contributed by atoms with Crippen molar-refractivity contribution in [1.29, 1.82) is 0 Å². The predicted molar refractivity (Wildman–Crippen MR) is 122 cm³/mol. The molecule has 16 heteroatoms. The number of alkyl halides is 3. The number of phosphoric ester groups is 1. The van der Waals surface area contributed by atoms with Gasteiger partial charge in [-0.3, -0.25) is 19.2 Å². The number of benzene rings is 2. The average Bonchev–Trinajstić information content (AvgIpc) is 2.78. The van der Waals surface area contributed by atoms with Gasteiger partial charge in [-0.15, -0.1) is 0 Å². The van der Waals surface area contributed by atoms with E-state index in [4.69, 9.17) is 26.5 Å². The number of likely N-dealkylation sites (tertiary alicyclic amines) is 1. The fraction of sp³-hybridized carbons (Fsp3) is 0.429. The van der Waals surface area contributed by atoms with Crippen LogP contribution in [-0.4, -0.2) is 60.7 Å². The number of likely N-dealkylation sites (N-methyl/N-ethyl adjacent to an activating group) is 1. The third kappa shape index (κ3) is 7.97. The first-order valence-corrected chi connectivity index (χ1v) is 13.7. The highest BCUT2D eigenvalue weighted by molar-refractivity contribution is 7.86. The number of rotatable bonds is 5. The Balaban J connectivity index is 0.000000414. The van der Waals surface area contributed by atoms with Crippen LogP contribution in [0.15, 0.2) is 54.6 Å². The number of nitrogens with zero attached hydrogens (tertiary/aromatic N) is 2. The summed E-state index contributed by atoms with van der Waals surface area (Å²) in [6.45, 7) is 2.91. The molecule has 4 atom stereocenters. The van der Waals surface area contributed by atoms with Crippen LogP contribution >= 0.6 is 7.82 Å². The third-order valence-corrected chi connectivity index (χ3v) is 7.85. The van der Waals surface area contributed by atoms with E-state index in [2.05, 4.69) is 19.2 Å². The van der Waals surface area contributed by atoms with E-state index in [1.807, 2.05) is 18.2 Å². The Morgan fingerprint density at radius 1 is 1.16 bits per heavy atom. The van der Waals surface area contributed by atoms with E-state index < -0.39 is 28.4 Å². The monoisotopic (exact) mass is 568 g/mol. The molecule has 2 saturated heterocycles. The Hall–Kier alpha value is -2.55. The van der Waals surface area contributed by atoms with Gasteiger partial charge in [0.2, 0.25) is 0 Å². The van der Waals surface area contributed by atoms with Crippen LogP contribution in [0, 0.1) is 16.0 Å². The summed E-state index contributed by atoms with van der Waals surface area (Å²) in [7, 11) is -7.69. The first kappa shape index (κ1) is 29.0. The Labute approximate surface area is 210 Å². The number of nitro benzene ring substituents is 1. The average molecular weight is 568 g/mol. The van der Waals surface area contributed by atoms with Crippen LogP contribution in [-0.2, 0) is 30.3 Å². The summed E-state index contributed by atoms with van der Waals surface area (Å²) in [6.07, 6.45) is 0.695. The number of hydrogen-bond donors (Lipinski definition) is 0. The van der Waals surface area contributed by atoms with Gasteiger partial charge in [0, 0.05) is 30.0 Å². The van der Waals surface area contributed by atoms with E-state index in [-0.39, 0.29) is 23.5 Å². The summed E-state index contributed by atoms with van der Waals surface area (Å²) in [6, 6.07) is 15.7. The summed E-state index contributed by atoms with van der Waals surface area (Å²) in [5, 5.41) is 10.8. The van der Waals surface area contributed by atoms with Crippen LogP contribution in [0.1, 0.15) is 12.0 Å². The molecule has 2 unspecified atom stereocenters. The maximum atomic E-state index is 13.0. The zero-order valence-corrected chi connectivity index (χ0v) is 21.2. The number of phosphoric acid groups is 1. The maximum Gasteiger partial charge on any atom is 0.530 e. The van der Waals surface area contributed by atoms with Gasteiger partial charge in [-0.05, 0) is 12.1 Å². The Morgan fingerprint density at radius 3 is 2.30 bits per heavy atom. The molecule has 204 valence electrons. The van der Waals surface area contributed by atoms with E-state index >= 15 is 0 Å². The summed E-state index contributed by atoms with van der Waals surface area (Å²) in [4.78, 5) is 10.3. The molecule has 0 saturated carbocycles. The second-order valence-corrected chi connectivity index (χ2v) is 11.8. The molecule has 2 fully saturated rings. The molecule has 11 nitrogen and oxygen atoms in total. The molecule has 0 aromatic heterocycles. The summed E-state index contributed by atoms with van der Waals surface area (Å²) in [5.41, 5.74) is -4.46. The van der Waals surface area contributed by atoms with Gasteiger partial charge in [0.15, 0.2) is 10.1 Å². The first-order chi connectivity index (χ1) is 17.1. The number of fused-ring (bicyclic) bond motifs is 1. The van der Waals surface area contributed by atoms with Crippen molar-refractivity contribution in [3.8, 4) is 5.75 Å². The van der Waals surface area contributed by atoms with E-state index in [0.717, 1.165) is 30.5 Å². The number of nitro groups is 1. The van der Waals surface area contributed by atoms with Crippen molar-refractivity contribution in [2.45, 2.75) is 24.6 Å². The van der Waals surface area contributed by atoms with Crippen molar-refractivity contribution in [2.75, 3.05) is 26.7 Å². The molecule has 0 N–H and O–H groups in total. The van der Waals surface area contributed by atoms with Crippen LogP contribution in [0.25, 0.3) is 0 Å². The lowest BCUT2D eigenvalue weighted by molar-refractivity contribution is -0.931. The number of quaternary nitrogens is 1. The summed E-state index contributed by atoms with van der Waals surface area (Å²) in [5.74, 6) is 0.397. The standard InChI is InChI=1S/C20H24N2O6P.CHF3O3S/c1-22(13-16-5-3-2-4-6-16)12-11-17-15-26-29(25,28-20(17)14-22)27-19-9-7-18(8-10-19)21(23)24;2-1(3,4)8(5,6)7/h2-10,17,20H,11-15H2,1H3;(H,5,6,7)/q+1;/p-1/t17-,20-,22?,29?;/m0./s1. The van der Waals surface area contributed by atoms with Gasteiger partial charge < -0.3 is 13.6 Å². The van der Waals surface area contributed by atoms with Gasteiger partial charge in [-0.25, -0.2) is 13.0 Å². The lowest BCUT2D eigenvalue weighted by Crippen LogP contribution is -2.57. The molecule has 0 aliphatic carbocycles. The van der Waals surface area contributed by atoms with Crippen molar-refractivity contribution in [1.82, 2.24) is 0 Å². The number of piperidine rings is 1. The van der Waals surface area contributed by atoms with Crippen LogP contribution in [0.3, 0.4) is 0 Å². The van der Waals surface area contributed by atoms with Gasteiger partial charge in [0.05, 0.1) is 25.1 Å². The smallest absolute Gasteiger partial charge is 0.530 e. The topological polar surface area (TPSA) is 145 Å². The molecule has 0 amide bonds. The van der Waals surface area contributed by atoms with Crippen LogP contribution in [0.5, 0.6) is 5.75 Å². The minimum atomic E-state index is -6.09. The van der Waals surface area contributed by atoms with E-state index in [0.29, 0.717) is 6.61 Å². The van der Waals surface area contributed by atoms with Crippen molar-refractivity contribution in [3.63, 3.8) is 0 Å². The Morgan fingerprint density at radius 2 is 1.76 bits per heavy atom. The molecule has 37 heavy (non-hydrogen) atoms. The van der Waals surface area contributed by atoms with Gasteiger partial charge in [0.25, 0.3) is 5.69 Å². The van der Waals surface area contributed by atoms with E-state index in [1.165, 1.54) is 29.8 Å². The third-order valence-electron chi connectivity index (χ3n) is 5.85. The number of hydrogen-bond acceptors (Lipinski definition) is 9. The minimum Gasteiger partial charge on any atom is -0.741 e. The molecule has 0 spiro atoms. The molecule has 4 rings (SSSR count). The van der Waals surface area contributed by atoms with Gasteiger partial charge in [-0.1, -0.05) is 30.3 Å². The fourth-order valence-electron chi connectivity index (χ4n) is 4.00. The summed E-state index contributed by atoms with van der Waals surface area (Å²) < 4.78 is 89.6. The molecule has 2 aliphatic heterocycles. The largest absolute Gasteiger partial charge is 0.741 e. The minimum absolute atomic E-state index is 0.0672. The number of non-ortho nitro benzene ring substituents is 1. The summed E-state index contributed by atoms with van der Waals surface area (Å²) >= 11 is 0. The van der Waals surface area contributed by atoms with Crippen molar-refractivity contribution < 1.29 is 53.7 Å². The number of halogens is 3. The molecular formula is C21H24F3N2O9PS. The zero-order chi connectivity index (χ0) is 27.5. The quantitative estimate of drug-likeness (QED) is 0.129. The molecule has 2 aromatic rings. The molecular weight excluding hydrogens is 544 g/mol. The second-order valence-electron chi connectivity index (χ2n) is 8.85. The van der Waals surface area contributed by atoms with Crippen LogP contribution in [0.4, 0.5) is 18.9 Å². The SMILES string of the molecule is C[N+]1(Cc2ccccc2)CC[C@H]2COP(=O)(Oc3ccc([N+](=O)[O-])cc3)O[C@H]2C1.O=S(=O)([O-])C(F)(F)F. The van der Waals surface area contributed by atoms with Gasteiger partial charge in [-0.2, -0.15) is 13.2 Å². The van der Waals surface area contributed by atoms with Crippen molar-refractivity contribution in [2.24, 2.45) is 5.92 Å². The molecule has 2 aliphatic rings. The molecule has 0 bridgehead atoms. The second kappa shape index (κ2) is 11.1. The van der Waals surface area contributed by atoms with E-state index in [1.54, 1.807) is 0 Å².